The van der Waals surface area contributed by atoms with Gasteiger partial charge in [0, 0.05) is 3.57 Å². The fourth-order valence-electron chi connectivity index (χ4n) is 1.78. The van der Waals surface area contributed by atoms with Crippen LogP contribution in [0.4, 0.5) is 0 Å². The summed E-state index contributed by atoms with van der Waals surface area (Å²) >= 11 is 2.28. The summed E-state index contributed by atoms with van der Waals surface area (Å²) in [6.07, 6.45) is 1.88. The molecule has 1 nitrogen and oxygen atoms in total. The largest absolute Gasteiger partial charge is 0.385 e. The van der Waals surface area contributed by atoms with Crippen molar-refractivity contribution in [2.24, 2.45) is 0 Å². The molecule has 0 aliphatic heterocycles. The summed E-state index contributed by atoms with van der Waals surface area (Å²) in [5, 5.41) is 9.97. The van der Waals surface area contributed by atoms with Crippen molar-refractivity contribution < 1.29 is 5.11 Å². The molecule has 0 aromatic heterocycles. The number of fused-ring (bicyclic) bond motifs is 1. The van der Waals surface area contributed by atoms with Crippen LogP contribution in [0.5, 0.6) is 0 Å². The van der Waals surface area contributed by atoms with Crippen LogP contribution in [0, 0.1) is 3.57 Å². The third kappa shape index (κ3) is 1.27. The molecule has 1 aliphatic carbocycles. The highest BCUT2D eigenvalue weighted by atomic mass is 127. The minimum atomic E-state index is -0.587. The fourth-order valence-corrected chi connectivity index (χ4v) is 2.27. The van der Waals surface area contributed by atoms with Crippen LogP contribution in [0.15, 0.2) is 18.2 Å². The van der Waals surface area contributed by atoms with Crippen LogP contribution in [0.1, 0.15) is 24.5 Å². The van der Waals surface area contributed by atoms with Crippen LogP contribution < -0.4 is 0 Å². The van der Waals surface area contributed by atoms with Gasteiger partial charge in [0.05, 0.1) is 5.60 Å². The molecular formula is C10H11IO. The molecule has 2 rings (SSSR count). The molecule has 0 bridgehead atoms. The van der Waals surface area contributed by atoms with Crippen LogP contribution in [0.2, 0.25) is 0 Å². The van der Waals surface area contributed by atoms with Gasteiger partial charge in [-0.05, 0) is 65.6 Å². The van der Waals surface area contributed by atoms with Crippen molar-refractivity contribution in [3.63, 3.8) is 0 Å². The highest BCUT2D eigenvalue weighted by Crippen LogP contribution is 2.36. The number of hydrogen-bond donors (Lipinski definition) is 1. The summed E-state index contributed by atoms with van der Waals surface area (Å²) in [4.78, 5) is 0. The predicted molar refractivity (Wildman–Crippen MR) is 57.1 cm³/mol. The van der Waals surface area contributed by atoms with E-state index in [1.807, 2.05) is 6.92 Å². The number of aryl methyl sites for hydroxylation is 1. The van der Waals surface area contributed by atoms with E-state index in [-0.39, 0.29) is 0 Å². The van der Waals surface area contributed by atoms with Gasteiger partial charge < -0.3 is 5.11 Å². The third-order valence-corrected chi connectivity index (χ3v) is 3.20. The van der Waals surface area contributed by atoms with Gasteiger partial charge in [-0.2, -0.15) is 0 Å². The van der Waals surface area contributed by atoms with Crippen LogP contribution >= 0.6 is 22.6 Å². The van der Waals surface area contributed by atoms with Gasteiger partial charge >= 0.3 is 0 Å². The van der Waals surface area contributed by atoms with E-state index in [9.17, 15) is 5.11 Å². The fraction of sp³-hybridized carbons (Fsp3) is 0.400. The molecule has 0 fully saturated rings. The molecule has 1 unspecified atom stereocenters. The number of aliphatic hydroxyl groups is 1. The molecule has 1 atom stereocenters. The van der Waals surface area contributed by atoms with E-state index >= 15 is 0 Å². The van der Waals surface area contributed by atoms with Crippen molar-refractivity contribution >= 4 is 22.6 Å². The number of rotatable bonds is 0. The maximum absolute atomic E-state index is 9.97. The molecular weight excluding hydrogens is 263 g/mol. The highest BCUT2D eigenvalue weighted by Gasteiger charge is 2.31. The first-order chi connectivity index (χ1) is 5.59. The van der Waals surface area contributed by atoms with Gasteiger partial charge in [-0.1, -0.05) is 6.07 Å². The molecule has 0 heterocycles. The molecule has 1 aliphatic rings. The molecule has 0 spiro atoms. The number of benzene rings is 1. The molecule has 1 aromatic rings. The molecule has 64 valence electrons. The monoisotopic (exact) mass is 274 g/mol. The summed E-state index contributed by atoms with van der Waals surface area (Å²) in [5.74, 6) is 0. The average molecular weight is 274 g/mol. The predicted octanol–water partition coefficient (Wildman–Crippen LogP) is 2.44. The van der Waals surface area contributed by atoms with E-state index < -0.39 is 5.60 Å². The Morgan fingerprint density at radius 1 is 1.50 bits per heavy atom. The van der Waals surface area contributed by atoms with Gasteiger partial charge in [-0.15, -0.1) is 0 Å². The van der Waals surface area contributed by atoms with Gasteiger partial charge in [0.25, 0.3) is 0 Å². The van der Waals surface area contributed by atoms with E-state index in [4.69, 9.17) is 0 Å². The van der Waals surface area contributed by atoms with Crippen LogP contribution in [-0.4, -0.2) is 5.11 Å². The lowest BCUT2D eigenvalue weighted by Gasteiger charge is -2.17. The Labute approximate surface area is 85.9 Å². The van der Waals surface area contributed by atoms with Crippen molar-refractivity contribution in [1.29, 1.82) is 0 Å². The topological polar surface area (TPSA) is 20.2 Å². The molecule has 2 heteroatoms. The zero-order valence-corrected chi connectivity index (χ0v) is 9.13. The average Bonchev–Trinajstić information content (AvgIpc) is 2.28. The van der Waals surface area contributed by atoms with Crippen molar-refractivity contribution in [3.8, 4) is 0 Å². The molecule has 0 radical (unpaired) electrons. The second kappa shape index (κ2) is 2.70. The van der Waals surface area contributed by atoms with Crippen LogP contribution in [0.25, 0.3) is 0 Å². The Morgan fingerprint density at radius 3 is 3.00 bits per heavy atom. The van der Waals surface area contributed by atoms with Crippen molar-refractivity contribution in [2.75, 3.05) is 0 Å². The first-order valence-corrected chi connectivity index (χ1v) is 5.19. The lowest BCUT2D eigenvalue weighted by atomic mass is 9.99. The lowest BCUT2D eigenvalue weighted by Crippen LogP contribution is -2.16. The second-order valence-electron chi connectivity index (χ2n) is 3.58. The summed E-state index contributed by atoms with van der Waals surface area (Å²) < 4.78 is 1.20. The minimum Gasteiger partial charge on any atom is -0.385 e. The smallest absolute Gasteiger partial charge is 0.0874 e. The maximum Gasteiger partial charge on any atom is 0.0874 e. The van der Waals surface area contributed by atoms with Crippen LogP contribution in [-0.2, 0) is 12.0 Å². The van der Waals surface area contributed by atoms with Crippen LogP contribution in [0.3, 0.4) is 0 Å². The van der Waals surface area contributed by atoms with Gasteiger partial charge in [-0.25, -0.2) is 0 Å². The maximum atomic E-state index is 9.97. The molecule has 1 aromatic carbocycles. The summed E-state index contributed by atoms with van der Waals surface area (Å²) in [6.45, 7) is 1.90. The van der Waals surface area contributed by atoms with E-state index in [0.717, 1.165) is 18.4 Å². The van der Waals surface area contributed by atoms with E-state index in [1.54, 1.807) is 0 Å². The zero-order chi connectivity index (χ0) is 8.77. The van der Waals surface area contributed by atoms with Gasteiger partial charge in [0.2, 0.25) is 0 Å². The Bertz CT molecular complexity index is 318. The Balaban J connectivity index is 2.57. The normalized spacial score (nSPS) is 27.2. The summed E-state index contributed by atoms with van der Waals surface area (Å²) in [6, 6.07) is 6.31. The molecule has 12 heavy (non-hydrogen) atoms. The Morgan fingerprint density at radius 2 is 2.25 bits per heavy atom. The zero-order valence-electron chi connectivity index (χ0n) is 6.97. The lowest BCUT2D eigenvalue weighted by molar-refractivity contribution is 0.0594. The SMILES string of the molecule is CC1(O)CCc2ccc(I)cc21. The first-order valence-electron chi connectivity index (χ1n) is 4.11. The second-order valence-corrected chi connectivity index (χ2v) is 4.82. The summed E-state index contributed by atoms with van der Waals surface area (Å²) in [7, 11) is 0. The summed E-state index contributed by atoms with van der Waals surface area (Å²) in [5.41, 5.74) is 1.84. The van der Waals surface area contributed by atoms with Gasteiger partial charge in [0.15, 0.2) is 0 Å². The molecule has 0 amide bonds. The standard InChI is InChI=1S/C10H11IO/c1-10(12)5-4-7-2-3-8(11)6-9(7)10/h2-3,6,12H,4-5H2,1H3. The Hall–Kier alpha value is -0.0900. The number of halogens is 1. The highest BCUT2D eigenvalue weighted by molar-refractivity contribution is 14.1. The van der Waals surface area contributed by atoms with Gasteiger partial charge in [0.1, 0.15) is 0 Å². The Kier molecular flexibility index (Phi) is 1.92. The quantitative estimate of drug-likeness (QED) is 0.720. The third-order valence-electron chi connectivity index (χ3n) is 2.53. The number of hydrogen-bond acceptors (Lipinski definition) is 1. The molecule has 0 saturated heterocycles. The van der Waals surface area contributed by atoms with E-state index in [0.29, 0.717) is 0 Å². The molecule has 0 saturated carbocycles. The van der Waals surface area contributed by atoms with Gasteiger partial charge in [-0.3, -0.25) is 0 Å². The molecule has 1 N–H and O–H groups in total. The van der Waals surface area contributed by atoms with E-state index in [2.05, 4.69) is 40.8 Å². The first kappa shape index (κ1) is 8.51. The van der Waals surface area contributed by atoms with Crippen molar-refractivity contribution in [2.45, 2.75) is 25.4 Å². The van der Waals surface area contributed by atoms with Crippen molar-refractivity contribution in [3.05, 3.63) is 32.9 Å². The van der Waals surface area contributed by atoms with E-state index in [1.165, 1.54) is 9.13 Å². The minimum absolute atomic E-state index is 0.587. The van der Waals surface area contributed by atoms with Crippen molar-refractivity contribution in [1.82, 2.24) is 0 Å².